The van der Waals surface area contributed by atoms with Crippen molar-refractivity contribution in [3.05, 3.63) is 5.28 Å². The lowest BCUT2D eigenvalue weighted by Gasteiger charge is -2.35. The third-order valence-electron chi connectivity index (χ3n) is 2.69. The molecule has 1 saturated heterocycles. The van der Waals surface area contributed by atoms with Crippen molar-refractivity contribution in [3.63, 3.8) is 0 Å². The van der Waals surface area contributed by atoms with Gasteiger partial charge in [-0.25, -0.2) is 0 Å². The third kappa shape index (κ3) is 3.00. The molecule has 2 rings (SSSR count). The number of hydrogen-bond acceptors (Lipinski definition) is 6. The monoisotopic (exact) mass is 271 g/mol. The largest absolute Gasteiger partial charge is 0.372 e. The van der Waals surface area contributed by atoms with Gasteiger partial charge in [0, 0.05) is 27.2 Å². The standard InChI is InChI=1S/C11H18ClN5O/c1-7-5-17(6-8(2)18-7)11-14-9(12)13-10(15-11)16(3)4/h7-8H,5-6H2,1-4H3. The topological polar surface area (TPSA) is 54.4 Å². The number of morpholine rings is 1. The lowest BCUT2D eigenvalue weighted by Crippen LogP contribution is -2.46. The highest BCUT2D eigenvalue weighted by Crippen LogP contribution is 2.19. The van der Waals surface area contributed by atoms with E-state index in [4.69, 9.17) is 16.3 Å². The van der Waals surface area contributed by atoms with Gasteiger partial charge in [0.2, 0.25) is 17.2 Å². The normalized spacial score (nSPS) is 24.2. The number of hydrogen-bond donors (Lipinski definition) is 0. The Balaban J connectivity index is 2.26. The molecule has 7 heteroatoms. The third-order valence-corrected chi connectivity index (χ3v) is 2.86. The predicted octanol–water partition coefficient (Wildman–Crippen LogP) is 1.20. The molecule has 18 heavy (non-hydrogen) atoms. The molecule has 0 aliphatic carbocycles. The Morgan fingerprint density at radius 2 is 1.78 bits per heavy atom. The van der Waals surface area contributed by atoms with E-state index in [0.717, 1.165) is 13.1 Å². The van der Waals surface area contributed by atoms with E-state index in [9.17, 15) is 0 Å². The zero-order chi connectivity index (χ0) is 13.3. The van der Waals surface area contributed by atoms with Crippen molar-refractivity contribution < 1.29 is 4.74 Å². The molecule has 2 heterocycles. The van der Waals surface area contributed by atoms with Gasteiger partial charge in [-0.15, -0.1) is 0 Å². The SMILES string of the molecule is CC1CN(c2nc(Cl)nc(N(C)C)n2)CC(C)O1. The van der Waals surface area contributed by atoms with E-state index in [0.29, 0.717) is 11.9 Å². The van der Waals surface area contributed by atoms with Gasteiger partial charge in [-0.1, -0.05) is 0 Å². The Bertz CT molecular complexity index is 418. The van der Waals surface area contributed by atoms with Crippen LogP contribution in [0, 0.1) is 0 Å². The summed E-state index contributed by atoms with van der Waals surface area (Å²) in [5.41, 5.74) is 0. The Hall–Kier alpha value is -1.14. The van der Waals surface area contributed by atoms with Gasteiger partial charge >= 0.3 is 0 Å². The summed E-state index contributed by atoms with van der Waals surface area (Å²) in [6, 6.07) is 0. The van der Waals surface area contributed by atoms with Crippen LogP contribution in [-0.4, -0.2) is 54.3 Å². The first-order valence-electron chi connectivity index (χ1n) is 5.95. The number of nitrogens with zero attached hydrogens (tertiary/aromatic N) is 5. The maximum atomic E-state index is 5.94. The fourth-order valence-corrected chi connectivity index (χ4v) is 2.16. The van der Waals surface area contributed by atoms with Gasteiger partial charge in [-0.05, 0) is 25.4 Å². The zero-order valence-electron chi connectivity index (χ0n) is 11.1. The van der Waals surface area contributed by atoms with Gasteiger partial charge in [0.05, 0.1) is 12.2 Å². The van der Waals surface area contributed by atoms with Crippen LogP contribution in [-0.2, 0) is 4.74 Å². The maximum Gasteiger partial charge on any atom is 0.231 e. The molecule has 1 aromatic rings. The molecule has 0 spiro atoms. The van der Waals surface area contributed by atoms with E-state index >= 15 is 0 Å². The van der Waals surface area contributed by atoms with Crippen LogP contribution in [0.1, 0.15) is 13.8 Å². The van der Waals surface area contributed by atoms with E-state index in [1.54, 1.807) is 0 Å². The average Bonchev–Trinajstić information content (AvgIpc) is 2.26. The summed E-state index contributed by atoms with van der Waals surface area (Å²) in [7, 11) is 3.75. The quantitative estimate of drug-likeness (QED) is 0.806. The molecule has 6 nitrogen and oxygen atoms in total. The minimum atomic E-state index is 0.159. The van der Waals surface area contributed by atoms with Crippen LogP contribution in [0.3, 0.4) is 0 Å². The highest BCUT2D eigenvalue weighted by Gasteiger charge is 2.25. The summed E-state index contributed by atoms with van der Waals surface area (Å²) >= 11 is 5.94. The molecule has 0 amide bonds. The van der Waals surface area contributed by atoms with Crippen molar-refractivity contribution in [2.45, 2.75) is 26.1 Å². The van der Waals surface area contributed by atoms with Crippen LogP contribution >= 0.6 is 11.6 Å². The number of anilines is 2. The van der Waals surface area contributed by atoms with Crippen LogP contribution in [0.4, 0.5) is 11.9 Å². The summed E-state index contributed by atoms with van der Waals surface area (Å²) in [4.78, 5) is 16.6. The lowest BCUT2D eigenvalue weighted by molar-refractivity contribution is -0.00572. The number of aromatic nitrogens is 3. The summed E-state index contributed by atoms with van der Waals surface area (Å²) in [6.07, 6.45) is 0.319. The smallest absolute Gasteiger partial charge is 0.231 e. The van der Waals surface area contributed by atoms with Gasteiger partial charge < -0.3 is 14.5 Å². The second-order valence-corrected chi connectivity index (χ2v) is 5.10. The van der Waals surface area contributed by atoms with E-state index in [2.05, 4.69) is 19.9 Å². The molecule has 100 valence electrons. The van der Waals surface area contributed by atoms with Crippen molar-refractivity contribution >= 4 is 23.5 Å². The predicted molar refractivity (Wildman–Crippen MR) is 71.4 cm³/mol. The van der Waals surface area contributed by atoms with Crippen LogP contribution in [0.15, 0.2) is 0 Å². The fraction of sp³-hybridized carbons (Fsp3) is 0.727. The summed E-state index contributed by atoms with van der Waals surface area (Å²) < 4.78 is 5.69. The first kappa shape index (κ1) is 13.3. The lowest BCUT2D eigenvalue weighted by atomic mass is 10.2. The first-order valence-corrected chi connectivity index (χ1v) is 6.33. The van der Waals surface area contributed by atoms with E-state index in [-0.39, 0.29) is 17.5 Å². The highest BCUT2D eigenvalue weighted by molar-refractivity contribution is 6.28. The van der Waals surface area contributed by atoms with Gasteiger partial charge in [-0.2, -0.15) is 15.0 Å². The molecule has 0 saturated carbocycles. The summed E-state index contributed by atoms with van der Waals surface area (Å²) in [6.45, 7) is 5.60. The summed E-state index contributed by atoms with van der Waals surface area (Å²) in [5.74, 6) is 1.18. The minimum Gasteiger partial charge on any atom is -0.372 e. The highest BCUT2D eigenvalue weighted by atomic mass is 35.5. The minimum absolute atomic E-state index is 0.159. The molecule has 1 fully saturated rings. The van der Waals surface area contributed by atoms with E-state index in [1.807, 2.05) is 32.8 Å². The van der Waals surface area contributed by atoms with Crippen molar-refractivity contribution in [2.75, 3.05) is 37.0 Å². The number of ether oxygens (including phenoxy) is 1. The van der Waals surface area contributed by atoms with E-state index in [1.165, 1.54) is 0 Å². The van der Waals surface area contributed by atoms with Gasteiger partial charge in [0.25, 0.3) is 0 Å². The molecule has 2 unspecified atom stereocenters. The number of halogens is 1. The Kier molecular flexibility index (Phi) is 3.87. The van der Waals surface area contributed by atoms with Gasteiger partial charge in [-0.3, -0.25) is 0 Å². The van der Waals surface area contributed by atoms with Crippen molar-refractivity contribution in [2.24, 2.45) is 0 Å². The van der Waals surface area contributed by atoms with Crippen LogP contribution in [0.2, 0.25) is 5.28 Å². The second kappa shape index (κ2) is 5.24. The molecule has 1 aliphatic rings. The Morgan fingerprint density at radius 3 is 2.33 bits per heavy atom. The molecule has 1 aromatic heterocycles. The molecule has 0 radical (unpaired) electrons. The first-order chi connectivity index (χ1) is 8.45. The second-order valence-electron chi connectivity index (χ2n) is 4.76. The zero-order valence-corrected chi connectivity index (χ0v) is 11.8. The Labute approximate surface area is 112 Å². The molecular weight excluding hydrogens is 254 g/mol. The molecule has 2 atom stereocenters. The van der Waals surface area contributed by atoms with Crippen LogP contribution < -0.4 is 9.80 Å². The maximum absolute atomic E-state index is 5.94. The van der Waals surface area contributed by atoms with Crippen molar-refractivity contribution in [3.8, 4) is 0 Å². The van der Waals surface area contributed by atoms with Gasteiger partial charge in [0.1, 0.15) is 0 Å². The van der Waals surface area contributed by atoms with Crippen molar-refractivity contribution in [1.82, 2.24) is 15.0 Å². The molecular formula is C11H18ClN5O. The number of rotatable bonds is 2. The Morgan fingerprint density at radius 1 is 1.17 bits per heavy atom. The molecule has 0 N–H and O–H groups in total. The van der Waals surface area contributed by atoms with Crippen LogP contribution in [0.25, 0.3) is 0 Å². The average molecular weight is 272 g/mol. The molecule has 0 aromatic carbocycles. The van der Waals surface area contributed by atoms with Gasteiger partial charge in [0.15, 0.2) is 0 Å². The van der Waals surface area contributed by atoms with Crippen molar-refractivity contribution in [1.29, 1.82) is 0 Å². The fourth-order valence-electron chi connectivity index (χ4n) is 2.01. The van der Waals surface area contributed by atoms with E-state index < -0.39 is 0 Å². The van der Waals surface area contributed by atoms with Crippen LogP contribution in [0.5, 0.6) is 0 Å². The molecule has 0 bridgehead atoms. The summed E-state index contributed by atoms with van der Waals surface area (Å²) in [5, 5.41) is 0.218. The molecule has 1 aliphatic heterocycles.